The molecule has 0 unspecified atom stereocenters. The van der Waals surface area contributed by atoms with Crippen LogP contribution in [0.3, 0.4) is 0 Å². The summed E-state index contributed by atoms with van der Waals surface area (Å²) < 4.78 is 1.46. The lowest BCUT2D eigenvalue weighted by Crippen LogP contribution is -2.21. The molecule has 4 rings (SSSR count). The summed E-state index contributed by atoms with van der Waals surface area (Å²) in [6.45, 7) is 0. The Morgan fingerprint density at radius 1 is 0.957 bits per heavy atom. The standard InChI is InChI=1S/C19H15N3O/c1-22-11-16(18(20)21-19(22)23)17-14-8-4-2-6-12(14)10-13-7-3-5-9-15(13)17/h2-11H,1H3,(H2,20,21,23). The second-order valence-electron chi connectivity index (χ2n) is 5.63. The van der Waals surface area contributed by atoms with E-state index in [1.807, 2.05) is 24.3 Å². The van der Waals surface area contributed by atoms with Crippen LogP contribution in [0.4, 0.5) is 5.82 Å². The van der Waals surface area contributed by atoms with E-state index in [0.717, 1.165) is 32.7 Å². The van der Waals surface area contributed by atoms with Crippen molar-refractivity contribution in [2.45, 2.75) is 0 Å². The van der Waals surface area contributed by atoms with Gasteiger partial charge in [0.1, 0.15) is 5.82 Å². The molecule has 112 valence electrons. The largest absolute Gasteiger partial charge is 0.383 e. The normalized spacial score (nSPS) is 11.2. The highest BCUT2D eigenvalue weighted by atomic mass is 16.1. The molecular formula is C19H15N3O. The Labute approximate surface area is 132 Å². The molecule has 0 aliphatic heterocycles. The fraction of sp³-hybridized carbons (Fsp3) is 0.0526. The Balaban J connectivity index is 2.24. The van der Waals surface area contributed by atoms with Gasteiger partial charge in [0, 0.05) is 24.4 Å². The predicted molar refractivity (Wildman–Crippen MR) is 94.3 cm³/mol. The Kier molecular flexibility index (Phi) is 2.91. The number of nitrogens with zero attached hydrogens (tertiary/aromatic N) is 2. The molecule has 0 fully saturated rings. The first-order valence-corrected chi connectivity index (χ1v) is 7.39. The summed E-state index contributed by atoms with van der Waals surface area (Å²) >= 11 is 0. The molecule has 0 radical (unpaired) electrons. The van der Waals surface area contributed by atoms with Gasteiger partial charge in [-0.3, -0.25) is 0 Å². The minimum atomic E-state index is -0.351. The number of hydrogen-bond acceptors (Lipinski definition) is 3. The van der Waals surface area contributed by atoms with Gasteiger partial charge >= 0.3 is 5.69 Å². The highest BCUT2D eigenvalue weighted by Gasteiger charge is 2.14. The van der Waals surface area contributed by atoms with Crippen LogP contribution >= 0.6 is 0 Å². The van der Waals surface area contributed by atoms with E-state index in [2.05, 4.69) is 35.3 Å². The van der Waals surface area contributed by atoms with Crippen LogP contribution in [0.2, 0.25) is 0 Å². The van der Waals surface area contributed by atoms with Gasteiger partial charge in [-0.2, -0.15) is 4.98 Å². The van der Waals surface area contributed by atoms with Crippen molar-refractivity contribution in [2.24, 2.45) is 7.05 Å². The third-order valence-electron chi connectivity index (χ3n) is 4.16. The summed E-state index contributed by atoms with van der Waals surface area (Å²) in [5.74, 6) is 0.259. The maximum absolute atomic E-state index is 11.7. The second-order valence-corrected chi connectivity index (χ2v) is 5.63. The summed E-state index contributed by atoms with van der Waals surface area (Å²) in [6, 6.07) is 18.5. The molecule has 0 saturated carbocycles. The van der Waals surface area contributed by atoms with E-state index in [-0.39, 0.29) is 11.5 Å². The summed E-state index contributed by atoms with van der Waals surface area (Å²) in [5.41, 5.74) is 7.52. The van der Waals surface area contributed by atoms with Gasteiger partial charge < -0.3 is 10.3 Å². The average molecular weight is 301 g/mol. The fourth-order valence-corrected chi connectivity index (χ4v) is 3.05. The third kappa shape index (κ3) is 2.07. The number of aromatic nitrogens is 2. The summed E-state index contributed by atoms with van der Waals surface area (Å²) in [6.07, 6.45) is 1.76. The summed E-state index contributed by atoms with van der Waals surface area (Å²) in [5, 5.41) is 4.46. The number of anilines is 1. The first kappa shape index (κ1) is 13.5. The quantitative estimate of drug-likeness (QED) is 0.549. The van der Waals surface area contributed by atoms with E-state index in [0.29, 0.717) is 0 Å². The number of aryl methyl sites for hydroxylation is 1. The van der Waals surface area contributed by atoms with E-state index >= 15 is 0 Å². The molecule has 0 amide bonds. The van der Waals surface area contributed by atoms with Crippen molar-refractivity contribution in [3.8, 4) is 11.1 Å². The van der Waals surface area contributed by atoms with Crippen molar-refractivity contribution in [3.05, 3.63) is 71.3 Å². The number of benzene rings is 3. The fourth-order valence-electron chi connectivity index (χ4n) is 3.05. The molecule has 23 heavy (non-hydrogen) atoms. The third-order valence-corrected chi connectivity index (χ3v) is 4.16. The Bertz CT molecular complexity index is 1060. The number of rotatable bonds is 1. The van der Waals surface area contributed by atoms with Crippen LogP contribution < -0.4 is 11.4 Å². The van der Waals surface area contributed by atoms with E-state index in [9.17, 15) is 4.79 Å². The van der Waals surface area contributed by atoms with Crippen LogP contribution in [0.1, 0.15) is 0 Å². The Hall–Kier alpha value is -3.14. The maximum atomic E-state index is 11.7. The van der Waals surface area contributed by atoms with Crippen molar-refractivity contribution in [3.63, 3.8) is 0 Å². The number of nitrogens with two attached hydrogens (primary N) is 1. The molecule has 0 bridgehead atoms. The van der Waals surface area contributed by atoms with Crippen molar-refractivity contribution in [1.82, 2.24) is 9.55 Å². The first-order valence-electron chi connectivity index (χ1n) is 7.39. The molecule has 2 N–H and O–H groups in total. The average Bonchev–Trinajstić information content (AvgIpc) is 2.56. The molecule has 4 aromatic rings. The SMILES string of the molecule is Cn1cc(-c2c3ccccc3cc3ccccc23)c(N)nc1=O. The Morgan fingerprint density at radius 2 is 1.52 bits per heavy atom. The van der Waals surface area contributed by atoms with E-state index in [1.54, 1.807) is 13.2 Å². The molecule has 1 aromatic heterocycles. The van der Waals surface area contributed by atoms with E-state index in [1.165, 1.54) is 4.57 Å². The highest BCUT2D eigenvalue weighted by Crippen LogP contribution is 2.37. The zero-order valence-electron chi connectivity index (χ0n) is 12.7. The van der Waals surface area contributed by atoms with E-state index < -0.39 is 0 Å². The molecule has 3 aromatic carbocycles. The van der Waals surface area contributed by atoms with Gasteiger partial charge in [-0.25, -0.2) is 4.79 Å². The van der Waals surface area contributed by atoms with Gasteiger partial charge in [0.15, 0.2) is 0 Å². The van der Waals surface area contributed by atoms with Crippen molar-refractivity contribution < 1.29 is 0 Å². The number of nitrogen functional groups attached to an aromatic ring is 1. The number of fused-ring (bicyclic) bond motifs is 2. The minimum Gasteiger partial charge on any atom is -0.383 e. The van der Waals surface area contributed by atoms with Crippen molar-refractivity contribution in [2.75, 3.05) is 5.73 Å². The molecular weight excluding hydrogens is 286 g/mol. The zero-order chi connectivity index (χ0) is 16.0. The molecule has 0 atom stereocenters. The first-order chi connectivity index (χ1) is 11.1. The zero-order valence-corrected chi connectivity index (χ0v) is 12.7. The van der Waals surface area contributed by atoms with Crippen LogP contribution in [0, 0.1) is 0 Å². The van der Waals surface area contributed by atoms with Gasteiger partial charge in [-0.1, -0.05) is 48.5 Å². The minimum absolute atomic E-state index is 0.259. The maximum Gasteiger partial charge on any atom is 0.349 e. The lowest BCUT2D eigenvalue weighted by atomic mass is 9.93. The van der Waals surface area contributed by atoms with Crippen LogP contribution in [0.5, 0.6) is 0 Å². The highest BCUT2D eigenvalue weighted by molar-refractivity contribution is 6.13. The predicted octanol–water partition coefficient (Wildman–Crippen LogP) is 3.34. The second kappa shape index (κ2) is 4.95. The molecule has 0 spiro atoms. The van der Waals surface area contributed by atoms with Gasteiger partial charge in [0.05, 0.1) is 0 Å². The summed E-state index contributed by atoms with van der Waals surface area (Å²) in [4.78, 5) is 15.7. The lowest BCUT2D eigenvalue weighted by Gasteiger charge is -2.14. The molecule has 1 heterocycles. The smallest absolute Gasteiger partial charge is 0.349 e. The van der Waals surface area contributed by atoms with Crippen LogP contribution in [0.15, 0.2) is 65.6 Å². The van der Waals surface area contributed by atoms with Gasteiger partial charge in [-0.05, 0) is 27.6 Å². The van der Waals surface area contributed by atoms with Gasteiger partial charge in [0.25, 0.3) is 0 Å². The van der Waals surface area contributed by atoms with Crippen molar-refractivity contribution >= 4 is 27.4 Å². The molecule has 0 saturated heterocycles. The molecule has 4 nitrogen and oxygen atoms in total. The van der Waals surface area contributed by atoms with Gasteiger partial charge in [-0.15, -0.1) is 0 Å². The summed E-state index contributed by atoms with van der Waals surface area (Å²) in [7, 11) is 1.69. The van der Waals surface area contributed by atoms with Gasteiger partial charge in [0.2, 0.25) is 0 Å². The van der Waals surface area contributed by atoms with Crippen LogP contribution in [0.25, 0.3) is 32.7 Å². The van der Waals surface area contributed by atoms with Crippen LogP contribution in [-0.2, 0) is 7.05 Å². The molecule has 0 aliphatic rings. The topological polar surface area (TPSA) is 60.9 Å². The number of hydrogen-bond donors (Lipinski definition) is 1. The lowest BCUT2D eigenvalue weighted by molar-refractivity contribution is 0.816. The van der Waals surface area contributed by atoms with E-state index in [4.69, 9.17) is 5.73 Å². The van der Waals surface area contributed by atoms with Crippen LogP contribution in [-0.4, -0.2) is 9.55 Å². The monoisotopic (exact) mass is 301 g/mol. The van der Waals surface area contributed by atoms with Crippen molar-refractivity contribution in [1.29, 1.82) is 0 Å². The molecule has 0 aliphatic carbocycles. The molecule has 4 heteroatoms. The Morgan fingerprint density at radius 3 is 2.13 bits per heavy atom.